The fraction of sp³-hybridized carbons (Fsp3) is 0.500. The van der Waals surface area contributed by atoms with Crippen LogP contribution in [0.5, 0.6) is 0 Å². The molecule has 1 aromatic rings. The second-order valence-electron chi connectivity index (χ2n) is 5.97. The van der Waals surface area contributed by atoms with Crippen LogP contribution in [0.2, 0.25) is 10.0 Å². The average Bonchev–Trinajstić information content (AvgIpc) is 2.27. The van der Waals surface area contributed by atoms with Gasteiger partial charge in [-0.1, -0.05) is 44.0 Å². The Kier molecular flexibility index (Phi) is 5.56. The maximum Gasteiger partial charge on any atom is 0.406 e. The number of hydrogen-bond donors (Lipinski definition) is 0. The highest BCUT2D eigenvalue weighted by atomic mass is 35.5. The minimum atomic E-state index is -4.46. The molecule has 0 N–H and O–H groups in total. The maximum atomic E-state index is 12.7. The van der Waals surface area contributed by atoms with Crippen LogP contribution >= 0.6 is 23.2 Å². The van der Waals surface area contributed by atoms with Gasteiger partial charge in [0, 0.05) is 12.1 Å². The minimum absolute atomic E-state index is 0.0222. The molecule has 0 aliphatic heterocycles. The molecule has 0 saturated carbocycles. The summed E-state index contributed by atoms with van der Waals surface area (Å²) in [6.07, 6.45) is -4.46. The van der Waals surface area contributed by atoms with Gasteiger partial charge in [-0.2, -0.15) is 13.2 Å². The molecule has 1 rings (SSSR count). The average molecular weight is 342 g/mol. The molecule has 1 amide bonds. The largest absolute Gasteiger partial charge is 0.406 e. The summed E-state index contributed by atoms with van der Waals surface area (Å²) in [6, 6.07) is 4.03. The van der Waals surface area contributed by atoms with E-state index in [1.54, 1.807) is 20.8 Å². The van der Waals surface area contributed by atoms with E-state index in [2.05, 4.69) is 0 Å². The third kappa shape index (κ3) is 6.14. The number of halogens is 5. The van der Waals surface area contributed by atoms with Gasteiger partial charge in [-0.3, -0.25) is 4.79 Å². The van der Waals surface area contributed by atoms with Crippen LogP contribution < -0.4 is 0 Å². The first-order chi connectivity index (χ1) is 9.39. The third-order valence-electron chi connectivity index (χ3n) is 2.49. The highest BCUT2D eigenvalue weighted by Gasteiger charge is 2.35. The molecule has 0 aliphatic carbocycles. The summed E-state index contributed by atoms with van der Waals surface area (Å²) in [5, 5.41) is 0.372. The van der Waals surface area contributed by atoms with Gasteiger partial charge in [-0.15, -0.1) is 0 Å². The van der Waals surface area contributed by atoms with Crippen LogP contribution in [0.3, 0.4) is 0 Å². The van der Waals surface area contributed by atoms with Crippen molar-refractivity contribution in [3.05, 3.63) is 33.8 Å². The second kappa shape index (κ2) is 6.44. The van der Waals surface area contributed by atoms with Gasteiger partial charge in [0.2, 0.25) is 0 Å². The zero-order valence-corrected chi connectivity index (χ0v) is 13.4. The predicted molar refractivity (Wildman–Crippen MR) is 77.9 cm³/mol. The molecule has 0 fully saturated rings. The normalized spacial score (nSPS) is 12.4. The smallest absolute Gasteiger partial charge is 0.329 e. The fourth-order valence-electron chi connectivity index (χ4n) is 1.80. The van der Waals surface area contributed by atoms with E-state index in [-0.39, 0.29) is 22.2 Å². The lowest BCUT2D eigenvalue weighted by Crippen LogP contribution is -2.43. The summed E-state index contributed by atoms with van der Waals surface area (Å²) in [7, 11) is 0. The van der Waals surface area contributed by atoms with Gasteiger partial charge in [-0.25, -0.2) is 0 Å². The zero-order valence-electron chi connectivity index (χ0n) is 11.9. The Morgan fingerprint density at radius 1 is 1.10 bits per heavy atom. The Bertz CT molecular complexity index is 508. The second-order valence-corrected chi connectivity index (χ2v) is 6.78. The van der Waals surface area contributed by atoms with Crippen LogP contribution in [0.15, 0.2) is 18.2 Å². The van der Waals surface area contributed by atoms with Crippen LogP contribution in [0, 0.1) is 5.41 Å². The number of nitrogens with zero attached hydrogens (tertiary/aromatic N) is 1. The van der Waals surface area contributed by atoms with Crippen LogP contribution in [0.1, 0.15) is 31.1 Å². The first-order valence-electron chi connectivity index (χ1n) is 6.20. The van der Waals surface area contributed by atoms with Crippen molar-refractivity contribution in [3.8, 4) is 0 Å². The van der Waals surface area contributed by atoms with E-state index >= 15 is 0 Å². The summed E-state index contributed by atoms with van der Waals surface area (Å²) in [5.41, 5.74) is -0.380. The number of hydrogen-bond acceptors (Lipinski definition) is 1. The van der Waals surface area contributed by atoms with Crippen molar-refractivity contribution in [1.82, 2.24) is 4.90 Å². The van der Waals surface area contributed by atoms with Crippen LogP contribution in [-0.4, -0.2) is 30.1 Å². The number of benzene rings is 1. The van der Waals surface area contributed by atoms with Crippen molar-refractivity contribution in [1.29, 1.82) is 0 Å². The molecule has 118 valence electrons. The van der Waals surface area contributed by atoms with Gasteiger partial charge in [0.1, 0.15) is 6.54 Å². The van der Waals surface area contributed by atoms with Crippen LogP contribution in [0.4, 0.5) is 13.2 Å². The molecule has 0 radical (unpaired) electrons. The SMILES string of the molecule is CC(C)(C)CN(CC(F)(F)F)C(=O)c1ccc(Cl)c(Cl)c1. The van der Waals surface area contributed by atoms with Gasteiger partial charge >= 0.3 is 6.18 Å². The van der Waals surface area contributed by atoms with Crippen molar-refractivity contribution in [2.75, 3.05) is 13.1 Å². The Morgan fingerprint density at radius 2 is 1.67 bits per heavy atom. The zero-order chi connectivity index (χ0) is 16.4. The summed E-state index contributed by atoms with van der Waals surface area (Å²) in [5.74, 6) is -0.721. The number of carbonyl (C=O) groups is 1. The lowest BCUT2D eigenvalue weighted by atomic mass is 9.95. The number of amides is 1. The lowest BCUT2D eigenvalue weighted by molar-refractivity contribution is -0.142. The molecule has 0 saturated heterocycles. The topological polar surface area (TPSA) is 20.3 Å². The fourth-order valence-corrected chi connectivity index (χ4v) is 2.10. The van der Waals surface area contributed by atoms with E-state index in [1.165, 1.54) is 18.2 Å². The number of rotatable bonds is 3. The first-order valence-corrected chi connectivity index (χ1v) is 6.96. The van der Waals surface area contributed by atoms with Crippen LogP contribution in [0.25, 0.3) is 0 Å². The third-order valence-corrected chi connectivity index (χ3v) is 3.23. The van der Waals surface area contributed by atoms with E-state index in [4.69, 9.17) is 23.2 Å². The van der Waals surface area contributed by atoms with Crippen molar-refractivity contribution < 1.29 is 18.0 Å². The van der Waals surface area contributed by atoms with Crippen molar-refractivity contribution in [2.24, 2.45) is 5.41 Å². The van der Waals surface area contributed by atoms with E-state index in [9.17, 15) is 18.0 Å². The van der Waals surface area contributed by atoms with E-state index in [1.807, 2.05) is 0 Å². The highest BCUT2D eigenvalue weighted by molar-refractivity contribution is 6.42. The number of carbonyl (C=O) groups excluding carboxylic acids is 1. The lowest BCUT2D eigenvalue weighted by Gasteiger charge is -2.30. The van der Waals surface area contributed by atoms with Gasteiger partial charge in [0.25, 0.3) is 5.91 Å². The molecule has 0 heterocycles. The molecule has 7 heteroatoms. The highest BCUT2D eigenvalue weighted by Crippen LogP contribution is 2.26. The Labute approximate surface area is 131 Å². The standard InChI is InChI=1S/C14H16Cl2F3NO/c1-13(2,3)7-20(8-14(17,18)19)12(21)9-4-5-10(15)11(16)6-9/h4-6H,7-8H2,1-3H3. The van der Waals surface area contributed by atoms with E-state index in [0.717, 1.165) is 4.90 Å². The Hall–Kier alpha value is -0.940. The van der Waals surface area contributed by atoms with Crippen LogP contribution in [-0.2, 0) is 0 Å². The summed E-state index contributed by atoms with van der Waals surface area (Å²) < 4.78 is 38.0. The molecule has 0 spiro atoms. The Balaban J connectivity index is 3.06. The molecule has 1 aromatic carbocycles. The molecule has 2 nitrogen and oxygen atoms in total. The Morgan fingerprint density at radius 3 is 2.10 bits per heavy atom. The molecular formula is C14H16Cl2F3NO. The first kappa shape index (κ1) is 18.1. The molecule has 0 bridgehead atoms. The molecule has 0 atom stereocenters. The molecule has 0 unspecified atom stereocenters. The van der Waals surface area contributed by atoms with Gasteiger partial charge < -0.3 is 4.90 Å². The number of alkyl halides is 3. The quantitative estimate of drug-likeness (QED) is 0.753. The predicted octanol–water partition coefficient (Wildman–Crippen LogP) is 5.04. The van der Waals surface area contributed by atoms with Crippen molar-refractivity contribution >= 4 is 29.1 Å². The minimum Gasteiger partial charge on any atom is -0.329 e. The van der Waals surface area contributed by atoms with Gasteiger partial charge in [-0.05, 0) is 23.6 Å². The van der Waals surface area contributed by atoms with Gasteiger partial charge in [0.15, 0.2) is 0 Å². The molecule has 0 aromatic heterocycles. The van der Waals surface area contributed by atoms with E-state index in [0.29, 0.717) is 0 Å². The summed E-state index contributed by atoms with van der Waals surface area (Å²) >= 11 is 11.5. The molecule has 0 aliphatic rings. The summed E-state index contributed by atoms with van der Waals surface area (Å²) in [6.45, 7) is 3.96. The van der Waals surface area contributed by atoms with Crippen molar-refractivity contribution in [3.63, 3.8) is 0 Å². The van der Waals surface area contributed by atoms with Gasteiger partial charge in [0.05, 0.1) is 10.0 Å². The monoisotopic (exact) mass is 341 g/mol. The summed E-state index contributed by atoms with van der Waals surface area (Å²) in [4.78, 5) is 13.1. The molecule has 21 heavy (non-hydrogen) atoms. The molecular weight excluding hydrogens is 326 g/mol. The van der Waals surface area contributed by atoms with Crippen molar-refractivity contribution in [2.45, 2.75) is 26.9 Å². The van der Waals surface area contributed by atoms with E-state index < -0.39 is 24.0 Å². The maximum absolute atomic E-state index is 12.7.